The van der Waals surface area contributed by atoms with Crippen LogP contribution in [0, 0.1) is 5.92 Å². The number of alkyl halides is 2. The molecule has 0 bridgehead atoms. The van der Waals surface area contributed by atoms with Gasteiger partial charge in [0.05, 0.1) is 12.9 Å². The molecule has 3 aromatic rings. The Kier molecular flexibility index (Phi) is 6.18. The van der Waals surface area contributed by atoms with Gasteiger partial charge in [-0.2, -0.15) is 9.97 Å². The molecule has 2 aromatic heterocycles. The van der Waals surface area contributed by atoms with Crippen molar-refractivity contribution < 1.29 is 31.9 Å². The van der Waals surface area contributed by atoms with Crippen LogP contribution in [0.5, 0.6) is 11.6 Å². The van der Waals surface area contributed by atoms with Gasteiger partial charge < -0.3 is 15.2 Å². The topological polar surface area (TPSA) is 124 Å². The number of halogens is 2. The molecule has 2 N–H and O–H groups in total. The van der Waals surface area contributed by atoms with Crippen LogP contribution >= 0.6 is 8.25 Å². The lowest BCUT2D eigenvalue weighted by Gasteiger charge is -2.19. The zero-order valence-electron chi connectivity index (χ0n) is 17.2. The largest absolute Gasteiger partial charge is 0.750 e. The molecule has 10 nitrogen and oxygen atoms in total. The van der Waals surface area contributed by atoms with Crippen LogP contribution in [0.25, 0.3) is 11.2 Å². The minimum Gasteiger partial charge on any atom is -0.476 e. The van der Waals surface area contributed by atoms with Gasteiger partial charge >= 0.3 is 8.25 Å². The Morgan fingerprint density at radius 2 is 2.06 bits per heavy atom. The minimum absolute atomic E-state index is 0.0879. The molecule has 1 aliphatic heterocycles. The van der Waals surface area contributed by atoms with Gasteiger partial charge in [-0.25, -0.2) is 18.3 Å². The summed E-state index contributed by atoms with van der Waals surface area (Å²) in [5.41, 5.74) is 6.22. The SMILES string of the molecule is CCOc1nc(N)nc2c1ncn2[C@@H]1O[C@](F)(CO[P+](=O)Oc2ccccc2)[C@@H](F)[C@@H]1C. The zero-order valence-corrected chi connectivity index (χ0v) is 18.1. The number of imidazole rings is 1. The highest BCUT2D eigenvalue weighted by molar-refractivity contribution is 7.33. The van der Waals surface area contributed by atoms with E-state index >= 15 is 4.39 Å². The van der Waals surface area contributed by atoms with E-state index in [1.54, 1.807) is 37.3 Å². The summed E-state index contributed by atoms with van der Waals surface area (Å²) in [7, 11) is -2.75. The van der Waals surface area contributed by atoms with Gasteiger partial charge in [0.1, 0.15) is 6.23 Å². The summed E-state index contributed by atoms with van der Waals surface area (Å²) in [6.45, 7) is 2.61. The number of anilines is 1. The van der Waals surface area contributed by atoms with Crippen molar-refractivity contribution in [3.05, 3.63) is 36.7 Å². The number of benzene rings is 1. The molecule has 13 heteroatoms. The number of hydrogen-bond donors (Lipinski definition) is 1. The molecule has 0 radical (unpaired) electrons. The normalized spacial score (nSPS) is 25.8. The molecule has 0 amide bonds. The van der Waals surface area contributed by atoms with Gasteiger partial charge in [0, 0.05) is 10.5 Å². The van der Waals surface area contributed by atoms with Crippen LogP contribution in [-0.4, -0.2) is 44.8 Å². The molecule has 0 spiro atoms. The molecule has 32 heavy (non-hydrogen) atoms. The molecule has 1 saturated heterocycles. The monoisotopic (exact) mass is 468 g/mol. The Morgan fingerprint density at radius 3 is 2.78 bits per heavy atom. The average molecular weight is 468 g/mol. The first-order valence-corrected chi connectivity index (χ1v) is 10.9. The maximum Gasteiger partial charge on any atom is 0.750 e. The van der Waals surface area contributed by atoms with E-state index in [9.17, 15) is 8.96 Å². The Hall–Kier alpha value is -2.95. The smallest absolute Gasteiger partial charge is 0.476 e. The van der Waals surface area contributed by atoms with Crippen LogP contribution < -0.4 is 15.0 Å². The molecule has 3 heterocycles. The second-order valence-corrected chi connectivity index (χ2v) is 7.99. The minimum atomic E-state index is -2.87. The molecule has 1 aliphatic rings. The zero-order chi connectivity index (χ0) is 22.9. The summed E-state index contributed by atoms with van der Waals surface area (Å²) in [4.78, 5) is 12.3. The van der Waals surface area contributed by atoms with E-state index in [0.717, 1.165) is 0 Å². The van der Waals surface area contributed by atoms with E-state index in [-0.39, 0.29) is 28.7 Å². The lowest BCUT2D eigenvalue weighted by molar-refractivity contribution is -0.190. The molecule has 170 valence electrons. The molecule has 1 unspecified atom stereocenters. The summed E-state index contributed by atoms with van der Waals surface area (Å²) >= 11 is 0. The van der Waals surface area contributed by atoms with E-state index in [4.69, 9.17) is 24.3 Å². The third-order valence-electron chi connectivity index (χ3n) is 4.89. The molecule has 0 saturated carbocycles. The number of nitrogen functional groups attached to an aromatic ring is 1. The predicted octanol–water partition coefficient (Wildman–Crippen LogP) is 3.73. The van der Waals surface area contributed by atoms with E-state index in [1.807, 2.05) is 0 Å². The lowest BCUT2D eigenvalue weighted by atomic mass is 10.0. The number of para-hydroxylation sites is 1. The summed E-state index contributed by atoms with van der Waals surface area (Å²) < 4.78 is 64.5. The van der Waals surface area contributed by atoms with E-state index in [2.05, 4.69) is 15.0 Å². The Balaban J connectivity index is 1.52. The van der Waals surface area contributed by atoms with Gasteiger partial charge in [-0.15, -0.1) is 4.52 Å². The van der Waals surface area contributed by atoms with Gasteiger partial charge in [-0.05, 0) is 19.1 Å². The second kappa shape index (κ2) is 8.89. The number of hydrogen-bond acceptors (Lipinski definition) is 9. The van der Waals surface area contributed by atoms with E-state index < -0.39 is 39.0 Å². The maximum absolute atomic E-state index is 15.4. The molecule has 1 aromatic carbocycles. The second-order valence-electron chi connectivity index (χ2n) is 7.10. The van der Waals surface area contributed by atoms with Crippen LogP contribution in [-0.2, 0) is 13.8 Å². The fourth-order valence-corrected chi connectivity index (χ4v) is 4.03. The first-order chi connectivity index (χ1) is 15.3. The van der Waals surface area contributed by atoms with Gasteiger partial charge in [-0.1, -0.05) is 25.1 Å². The Labute approximate surface area is 182 Å². The molecule has 0 aliphatic carbocycles. The highest BCUT2D eigenvalue weighted by Gasteiger charge is 2.58. The first-order valence-electron chi connectivity index (χ1n) is 9.79. The first kappa shape index (κ1) is 22.3. The number of fused-ring (bicyclic) bond motifs is 1. The van der Waals surface area contributed by atoms with Crippen molar-refractivity contribution in [2.24, 2.45) is 5.92 Å². The summed E-state index contributed by atoms with van der Waals surface area (Å²) in [5.74, 6) is -3.49. The number of nitrogens with zero attached hydrogens (tertiary/aromatic N) is 4. The van der Waals surface area contributed by atoms with Crippen LogP contribution in [0.1, 0.15) is 20.1 Å². The molecular formula is C19H21F2N5O5P+. The average Bonchev–Trinajstić information content (AvgIpc) is 3.28. The molecular weight excluding hydrogens is 447 g/mol. The number of nitrogens with two attached hydrogens (primary N) is 1. The van der Waals surface area contributed by atoms with Crippen molar-refractivity contribution in [3.63, 3.8) is 0 Å². The van der Waals surface area contributed by atoms with Crippen LogP contribution in [0.3, 0.4) is 0 Å². The maximum atomic E-state index is 15.4. The fraction of sp³-hybridized carbons (Fsp3) is 0.421. The summed E-state index contributed by atoms with van der Waals surface area (Å²) in [6, 6.07) is 8.19. The van der Waals surface area contributed by atoms with Crippen molar-refractivity contribution in [2.75, 3.05) is 18.9 Å². The Morgan fingerprint density at radius 1 is 1.31 bits per heavy atom. The Bertz CT molecular complexity index is 1120. The van der Waals surface area contributed by atoms with Crippen LogP contribution in [0.2, 0.25) is 0 Å². The van der Waals surface area contributed by atoms with E-state index in [1.165, 1.54) is 17.8 Å². The van der Waals surface area contributed by atoms with Gasteiger partial charge in [0.2, 0.25) is 11.8 Å². The van der Waals surface area contributed by atoms with E-state index in [0.29, 0.717) is 6.61 Å². The summed E-state index contributed by atoms with van der Waals surface area (Å²) in [6.07, 6.45) is -1.89. The van der Waals surface area contributed by atoms with Crippen molar-refractivity contribution >= 4 is 25.4 Å². The third-order valence-corrected chi connectivity index (χ3v) is 5.59. The molecule has 4 rings (SSSR count). The van der Waals surface area contributed by atoms with Crippen molar-refractivity contribution in [2.45, 2.75) is 32.1 Å². The summed E-state index contributed by atoms with van der Waals surface area (Å²) in [5, 5.41) is 0. The van der Waals surface area contributed by atoms with Crippen LogP contribution in [0.15, 0.2) is 36.7 Å². The van der Waals surface area contributed by atoms with Crippen molar-refractivity contribution in [1.29, 1.82) is 0 Å². The van der Waals surface area contributed by atoms with Gasteiger partial charge in [0.15, 0.2) is 29.7 Å². The van der Waals surface area contributed by atoms with Crippen molar-refractivity contribution in [3.8, 4) is 11.6 Å². The van der Waals surface area contributed by atoms with Gasteiger partial charge in [0.25, 0.3) is 5.85 Å². The predicted molar refractivity (Wildman–Crippen MR) is 110 cm³/mol. The highest BCUT2D eigenvalue weighted by atomic mass is 31.1. The van der Waals surface area contributed by atoms with Crippen LogP contribution in [0.4, 0.5) is 14.7 Å². The standard InChI is InChI=1S/C19H21F2N5O5P/c1-3-28-16-13-15(24-18(22)25-16)26(10-23-13)17-11(2)14(20)19(21,30-17)9-29-32(27)31-12-7-5-4-6-8-12/h4-8,10-11,14,17H,3,9H2,1-2H3,(H2,22,24,25)/q+1/t11-,14-,17+,19+/m0/s1. The quantitative estimate of drug-likeness (QED) is 0.493. The lowest BCUT2D eigenvalue weighted by Crippen LogP contribution is -2.37. The number of aromatic nitrogens is 4. The number of ether oxygens (including phenoxy) is 2. The molecule has 1 fully saturated rings. The third kappa shape index (κ3) is 4.21. The molecule has 5 atom stereocenters. The van der Waals surface area contributed by atoms with Gasteiger partial charge in [-0.3, -0.25) is 4.57 Å². The highest BCUT2D eigenvalue weighted by Crippen LogP contribution is 2.46. The van der Waals surface area contributed by atoms with Crippen molar-refractivity contribution in [1.82, 2.24) is 19.5 Å². The fourth-order valence-electron chi connectivity index (χ4n) is 3.40. The number of rotatable bonds is 8.